The van der Waals surface area contributed by atoms with E-state index < -0.39 is 0 Å². The molecule has 2 aliphatic heterocycles. The smallest absolute Gasteiger partial charge is 0.120 e. The van der Waals surface area contributed by atoms with Crippen molar-refractivity contribution >= 4 is 0 Å². The summed E-state index contributed by atoms with van der Waals surface area (Å²) < 4.78 is 14.4. The van der Waals surface area contributed by atoms with Gasteiger partial charge in [-0.15, -0.1) is 0 Å². The van der Waals surface area contributed by atoms with Crippen molar-refractivity contribution in [2.45, 2.75) is 248 Å². The molecule has 10 fully saturated rings. The van der Waals surface area contributed by atoms with Crippen LogP contribution in [0.2, 0.25) is 0 Å². The molecule has 0 radical (unpaired) electrons. The van der Waals surface area contributed by atoms with Crippen molar-refractivity contribution in [1.29, 1.82) is 0 Å². The Hall–Kier alpha value is -1.52. The highest BCUT2D eigenvalue weighted by Gasteiger charge is 2.73. The number of allylic oxidation sites excluding steroid dienone is 5. The van der Waals surface area contributed by atoms with Crippen molar-refractivity contribution in [1.82, 2.24) is 10.2 Å². The third-order valence-corrected chi connectivity index (χ3v) is 23.9. The van der Waals surface area contributed by atoms with Crippen LogP contribution in [-0.4, -0.2) is 47.4 Å². The molecular weight excluding hydrogens is 793 g/mol. The standard InChI is InChI=1S/C61H90N2O2/c1-2-17-38(18-3-1)63(55-32-16-26-47-44-22-8-13-34-57(44)65-60(47)55)39-35-36-41-40-19-4-9-27-49(40)61(52(41)37-39)50-28-10-5-23-48(50)58-45(24-14-29-51(58)61)42-20-6-11-30-53(42)62-54-31-15-25-46-43-21-7-12-33-56(43)64-59(46)54/h7,13,21,24,34,38-44,46-54,56-59,62H,1-6,8-12,14-20,22-23,25-33,35-37H2. The van der Waals surface area contributed by atoms with Gasteiger partial charge >= 0.3 is 0 Å². The molecule has 12 aliphatic carbocycles. The van der Waals surface area contributed by atoms with Crippen molar-refractivity contribution < 1.29 is 9.47 Å². The zero-order chi connectivity index (χ0) is 42.6. The normalized spacial score (nSPS) is 51.1. The van der Waals surface area contributed by atoms with E-state index in [9.17, 15) is 0 Å². The van der Waals surface area contributed by atoms with Crippen LogP contribution in [0.4, 0.5) is 0 Å². The summed E-state index contributed by atoms with van der Waals surface area (Å²) >= 11 is 0. The first-order valence-electron chi connectivity index (χ1n) is 29.9. The van der Waals surface area contributed by atoms with E-state index in [2.05, 4.69) is 40.6 Å². The zero-order valence-corrected chi connectivity index (χ0v) is 40.8. The Morgan fingerprint density at radius 3 is 2.18 bits per heavy atom. The molecule has 0 aromatic rings. The van der Waals surface area contributed by atoms with Gasteiger partial charge in [0.2, 0.25) is 0 Å². The van der Waals surface area contributed by atoms with Gasteiger partial charge in [-0.25, -0.2) is 0 Å². The molecule has 14 rings (SSSR count). The van der Waals surface area contributed by atoms with E-state index in [0.29, 0.717) is 47.6 Å². The van der Waals surface area contributed by atoms with Crippen LogP contribution in [0, 0.1) is 82.3 Å². The molecule has 356 valence electrons. The van der Waals surface area contributed by atoms with Gasteiger partial charge in [0.25, 0.3) is 0 Å². The first kappa shape index (κ1) is 42.4. The third kappa shape index (κ3) is 6.72. The van der Waals surface area contributed by atoms with Crippen LogP contribution < -0.4 is 5.32 Å². The average molecular weight is 883 g/mol. The summed E-state index contributed by atoms with van der Waals surface area (Å²) in [5.74, 6) is 12.9. The largest absolute Gasteiger partial charge is 0.488 e. The minimum atomic E-state index is 0.352. The minimum absolute atomic E-state index is 0.352. The topological polar surface area (TPSA) is 33.7 Å². The lowest BCUT2D eigenvalue weighted by molar-refractivity contribution is -0.0468. The molecule has 0 aromatic carbocycles. The Labute approximate surface area is 395 Å². The number of fused-ring (bicyclic) bond motifs is 16. The second kappa shape index (κ2) is 17.4. The van der Waals surface area contributed by atoms with Crippen molar-refractivity contribution in [2.75, 3.05) is 0 Å². The Morgan fingerprint density at radius 1 is 0.523 bits per heavy atom. The fourth-order valence-corrected chi connectivity index (χ4v) is 22.2. The molecule has 20 atom stereocenters. The summed E-state index contributed by atoms with van der Waals surface area (Å²) in [5, 5.41) is 4.59. The predicted molar refractivity (Wildman–Crippen MR) is 263 cm³/mol. The van der Waals surface area contributed by atoms with E-state index in [1.807, 2.05) is 5.57 Å². The molecule has 20 unspecified atom stereocenters. The summed E-state index contributed by atoms with van der Waals surface area (Å²) in [6.45, 7) is 0. The first-order valence-corrected chi connectivity index (χ1v) is 29.9. The van der Waals surface area contributed by atoms with Crippen LogP contribution in [0.3, 0.4) is 0 Å². The van der Waals surface area contributed by atoms with Crippen molar-refractivity contribution in [3.63, 3.8) is 0 Å². The van der Waals surface area contributed by atoms with E-state index in [0.717, 1.165) is 77.2 Å². The number of rotatable bonds is 6. The van der Waals surface area contributed by atoms with Crippen molar-refractivity contribution in [2.24, 2.45) is 82.3 Å². The van der Waals surface area contributed by atoms with Gasteiger partial charge in [0.1, 0.15) is 11.9 Å². The molecule has 1 N–H and O–H groups in total. The summed E-state index contributed by atoms with van der Waals surface area (Å²) in [5.41, 5.74) is 4.39. The molecular formula is C61H90N2O2. The molecule has 4 heteroatoms. The van der Waals surface area contributed by atoms with Gasteiger partial charge in [0, 0.05) is 41.9 Å². The molecule has 2 saturated heterocycles. The molecule has 8 saturated carbocycles. The lowest BCUT2D eigenvalue weighted by Gasteiger charge is -2.54. The summed E-state index contributed by atoms with van der Waals surface area (Å²) in [7, 11) is 0. The Kier molecular flexibility index (Phi) is 11.3. The summed E-state index contributed by atoms with van der Waals surface area (Å²) in [4.78, 5) is 3.26. The Balaban J connectivity index is 0.807. The van der Waals surface area contributed by atoms with E-state index in [1.165, 1.54) is 186 Å². The summed E-state index contributed by atoms with van der Waals surface area (Å²) in [6.07, 6.45) is 60.2. The number of hydrogen-bond donors (Lipinski definition) is 1. The van der Waals surface area contributed by atoms with Gasteiger partial charge < -0.3 is 19.7 Å². The highest BCUT2D eigenvalue weighted by molar-refractivity contribution is 5.31. The van der Waals surface area contributed by atoms with Crippen LogP contribution in [0.5, 0.6) is 0 Å². The van der Waals surface area contributed by atoms with Crippen LogP contribution >= 0.6 is 0 Å². The van der Waals surface area contributed by atoms with Crippen LogP contribution in [-0.2, 0) is 9.47 Å². The third-order valence-electron chi connectivity index (χ3n) is 23.9. The predicted octanol–water partition coefficient (Wildman–Crippen LogP) is 14.4. The van der Waals surface area contributed by atoms with Crippen LogP contribution in [0.15, 0.2) is 47.4 Å². The molecule has 65 heavy (non-hydrogen) atoms. The van der Waals surface area contributed by atoms with Gasteiger partial charge in [0.05, 0.1) is 17.9 Å². The van der Waals surface area contributed by atoms with Crippen molar-refractivity contribution in [3.8, 4) is 0 Å². The fourth-order valence-electron chi connectivity index (χ4n) is 22.2. The maximum atomic E-state index is 7.24. The number of nitrogens with zero attached hydrogens (tertiary/aromatic N) is 1. The van der Waals surface area contributed by atoms with Gasteiger partial charge in [-0.1, -0.05) is 94.1 Å². The van der Waals surface area contributed by atoms with E-state index >= 15 is 0 Å². The Bertz CT molecular complexity index is 1870. The van der Waals surface area contributed by atoms with Crippen LogP contribution in [0.1, 0.15) is 205 Å². The lowest BCUT2D eigenvalue weighted by atomic mass is 9.52. The van der Waals surface area contributed by atoms with E-state index in [-0.39, 0.29) is 0 Å². The van der Waals surface area contributed by atoms with E-state index in [1.54, 1.807) is 31.4 Å². The Morgan fingerprint density at radius 2 is 1.26 bits per heavy atom. The van der Waals surface area contributed by atoms with E-state index in [4.69, 9.17) is 9.47 Å². The van der Waals surface area contributed by atoms with Crippen molar-refractivity contribution in [3.05, 3.63) is 47.4 Å². The highest BCUT2D eigenvalue weighted by atomic mass is 16.5. The molecule has 1 spiro atoms. The zero-order valence-electron chi connectivity index (χ0n) is 40.8. The molecule has 0 aromatic heterocycles. The second-order valence-corrected chi connectivity index (χ2v) is 26.1. The molecule has 2 heterocycles. The SMILES string of the molecule is C1=CC2C(CC1)OC1C(NC3CCCCC3C3=CCCC4C3C3CCCCC3C43C4CCCCC4C4CCC(N(C5=C6OC7C=CCCC7C6CCC5)C5CCCCC5)CC43)CCCC21. The molecule has 0 bridgehead atoms. The lowest BCUT2D eigenvalue weighted by Crippen LogP contribution is -2.53. The van der Waals surface area contributed by atoms with Gasteiger partial charge in [-0.2, -0.15) is 0 Å². The summed E-state index contributed by atoms with van der Waals surface area (Å²) in [6, 6.07) is 2.71. The van der Waals surface area contributed by atoms with Gasteiger partial charge in [-0.05, 0) is 212 Å². The number of hydrogen-bond acceptors (Lipinski definition) is 4. The first-order chi connectivity index (χ1) is 32.3. The minimum Gasteiger partial charge on any atom is -0.488 e. The monoisotopic (exact) mass is 883 g/mol. The number of ether oxygens (including phenoxy) is 2. The molecule has 0 amide bonds. The second-order valence-electron chi connectivity index (χ2n) is 26.1. The maximum absolute atomic E-state index is 7.24. The van der Waals surface area contributed by atoms with Crippen LogP contribution in [0.25, 0.3) is 0 Å². The molecule has 14 aliphatic rings. The number of nitrogens with one attached hydrogen (secondary N) is 1. The van der Waals surface area contributed by atoms with Gasteiger partial charge in [0.15, 0.2) is 0 Å². The molecule has 4 nitrogen and oxygen atoms in total. The highest BCUT2D eigenvalue weighted by Crippen LogP contribution is 2.78. The maximum Gasteiger partial charge on any atom is 0.120 e. The fraction of sp³-hybridized carbons (Fsp3) is 0.869. The average Bonchev–Trinajstić information content (AvgIpc) is 4.11. The quantitative estimate of drug-likeness (QED) is 0.270. The van der Waals surface area contributed by atoms with Gasteiger partial charge in [-0.3, -0.25) is 0 Å².